The third kappa shape index (κ3) is 3.40. The topological polar surface area (TPSA) is 89.0 Å². The summed E-state index contributed by atoms with van der Waals surface area (Å²) in [6, 6.07) is 5.35. The summed E-state index contributed by atoms with van der Waals surface area (Å²) in [6.07, 6.45) is 1.57. The van der Waals surface area contributed by atoms with Gasteiger partial charge in [-0.3, -0.25) is 10.1 Å². The zero-order chi connectivity index (χ0) is 17.1. The molecule has 8 heteroatoms. The molecule has 23 heavy (non-hydrogen) atoms. The van der Waals surface area contributed by atoms with E-state index in [1.54, 1.807) is 11.2 Å². The van der Waals surface area contributed by atoms with E-state index >= 15 is 0 Å². The number of rotatable bonds is 5. The van der Waals surface area contributed by atoms with Crippen molar-refractivity contribution in [3.63, 3.8) is 0 Å². The highest BCUT2D eigenvalue weighted by Gasteiger charge is 2.35. The van der Waals surface area contributed by atoms with Gasteiger partial charge < -0.3 is 14.7 Å². The third-order valence-electron chi connectivity index (χ3n) is 3.78. The van der Waals surface area contributed by atoms with Gasteiger partial charge >= 0.3 is 0 Å². The van der Waals surface area contributed by atoms with E-state index in [0.29, 0.717) is 30.5 Å². The van der Waals surface area contributed by atoms with Crippen LogP contribution in [0.25, 0.3) is 0 Å². The summed E-state index contributed by atoms with van der Waals surface area (Å²) in [4.78, 5) is 20.8. The van der Waals surface area contributed by atoms with Crippen LogP contribution >= 0.6 is 0 Å². The molecule has 0 amide bonds. The highest BCUT2D eigenvalue weighted by molar-refractivity contribution is 5.81. The summed E-state index contributed by atoms with van der Waals surface area (Å²) in [5, 5.41) is 20.9. The van der Waals surface area contributed by atoms with Crippen molar-refractivity contribution in [2.24, 2.45) is 4.99 Å². The number of likely N-dealkylation sites (N-methyl/N-ethyl adjacent to an activating group) is 1. The zero-order valence-electron chi connectivity index (χ0n) is 13.7. The molecule has 8 nitrogen and oxygen atoms in total. The van der Waals surface area contributed by atoms with Crippen LogP contribution in [0, 0.1) is 21.4 Å². The molecule has 1 saturated heterocycles. The predicted molar refractivity (Wildman–Crippen MR) is 89.3 cm³/mol. The van der Waals surface area contributed by atoms with Crippen molar-refractivity contribution in [1.29, 1.82) is 5.26 Å². The summed E-state index contributed by atoms with van der Waals surface area (Å²) >= 11 is 0. The van der Waals surface area contributed by atoms with Gasteiger partial charge in [-0.25, -0.2) is 4.99 Å². The van der Waals surface area contributed by atoms with Gasteiger partial charge in [0, 0.05) is 39.3 Å². The first-order chi connectivity index (χ1) is 10.8. The number of nitro groups is 1. The van der Waals surface area contributed by atoms with E-state index in [-0.39, 0.29) is 11.3 Å². The Morgan fingerprint density at radius 2 is 2.04 bits per heavy atom. The van der Waals surface area contributed by atoms with E-state index in [1.807, 2.05) is 33.1 Å². The Bertz CT molecular complexity index is 671. The molecule has 1 aromatic carbocycles. The first-order valence-corrected chi connectivity index (χ1v) is 7.18. The average molecular weight is 316 g/mol. The number of aliphatic imine (C=N–C) groups is 1. The summed E-state index contributed by atoms with van der Waals surface area (Å²) in [7, 11) is 7.58. The minimum Gasteiger partial charge on any atom is -0.369 e. The molecule has 1 aromatic rings. The van der Waals surface area contributed by atoms with Crippen LogP contribution in [0.5, 0.6) is 0 Å². The van der Waals surface area contributed by atoms with Crippen molar-refractivity contribution < 1.29 is 4.92 Å². The van der Waals surface area contributed by atoms with E-state index in [1.165, 1.54) is 12.1 Å². The lowest BCUT2D eigenvalue weighted by atomic mass is 10.0. The van der Waals surface area contributed by atoms with Gasteiger partial charge in [-0.2, -0.15) is 5.26 Å². The first kappa shape index (κ1) is 16.7. The number of nitriles is 1. The van der Waals surface area contributed by atoms with Gasteiger partial charge in [-0.15, -0.1) is 0 Å². The van der Waals surface area contributed by atoms with Gasteiger partial charge in [0.1, 0.15) is 17.3 Å². The molecule has 0 bridgehead atoms. The number of hydrogen-bond donors (Lipinski definition) is 0. The fourth-order valence-electron chi connectivity index (χ4n) is 2.40. The van der Waals surface area contributed by atoms with Crippen molar-refractivity contribution in [2.45, 2.75) is 6.04 Å². The van der Waals surface area contributed by atoms with E-state index in [2.05, 4.69) is 16.0 Å². The van der Waals surface area contributed by atoms with Crippen LogP contribution in [-0.2, 0) is 0 Å². The SMILES string of the molecule is CN(C)/C=N\c1ccc([N+](=O)[O-])c(N2CC(N(C)C)C2)c1C#N. The molecule has 1 fully saturated rings. The van der Waals surface area contributed by atoms with E-state index in [4.69, 9.17) is 0 Å². The van der Waals surface area contributed by atoms with Crippen LogP contribution in [0.4, 0.5) is 17.1 Å². The minimum atomic E-state index is -0.446. The third-order valence-corrected chi connectivity index (χ3v) is 3.78. The van der Waals surface area contributed by atoms with Crippen LogP contribution in [0.2, 0.25) is 0 Å². The molecule has 0 N–H and O–H groups in total. The number of nitro benzene ring substituents is 1. The van der Waals surface area contributed by atoms with Crippen LogP contribution in [-0.4, -0.2) is 68.4 Å². The summed E-state index contributed by atoms with van der Waals surface area (Å²) in [5.41, 5.74) is 0.996. The van der Waals surface area contributed by atoms with Gasteiger partial charge in [0.25, 0.3) is 5.69 Å². The number of anilines is 1. The van der Waals surface area contributed by atoms with E-state index in [9.17, 15) is 15.4 Å². The van der Waals surface area contributed by atoms with Gasteiger partial charge in [-0.05, 0) is 20.2 Å². The Hall–Kier alpha value is -2.66. The molecule has 1 aliphatic heterocycles. The zero-order valence-corrected chi connectivity index (χ0v) is 13.7. The maximum atomic E-state index is 11.3. The largest absolute Gasteiger partial charge is 0.369 e. The highest BCUT2D eigenvalue weighted by Crippen LogP contribution is 2.39. The molecule has 0 atom stereocenters. The normalized spacial score (nSPS) is 14.9. The Morgan fingerprint density at radius 1 is 1.39 bits per heavy atom. The highest BCUT2D eigenvalue weighted by atomic mass is 16.6. The van der Waals surface area contributed by atoms with Crippen molar-refractivity contribution in [3.8, 4) is 6.07 Å². The molecular formula is C15H20N6O2. The molecule has 0 spiro atoms. The quantitative estimate of drug-likeness (QED) is 0.353. The van der Waals surface area contributed by atoms with Crippen molar-refractivity contribution in [1.82, 2.24) is 9.80 Å². The Morgan fingerprint density at radius 3 is 2.52 bits per heavy atom. The summed E-state index contributed by atoms with van der Waals surface area (Å²) < 4.78 is 0. The molecule has 0 aliphatic carbocycles. The number of benzene rings is 1. The Kier molecular flexibility index (Phi) is 4.81. The first-order valence-electron chi connectivity index (χ1n) is 7.18. The second kappa shape index (κ2) is 6.62. The van der Waals surface area contributed by atoms with E-state index in [0.717, 1.165) is 0 Å². The standard InChI is InChI=1S/C15H20N6O2/c1-18(2)10-17-13-5-6-14(21(22)23)15(12(13)7-16)20-8-11(9-20)19(3)4/h5-6,10-11H,8-9H2,1-4H3/b17-10-. The van der Waals surface area contributed by atoms with Gasteiger partial charge in [0.2, 0.25) is 0 Å². The van der Waals surface area contributed by atoms with Gasteiger partial charge in [0.15, 0.2) is 0 Å². The maximum absolute atomic E-state index is 11.3. The monoisotopic (exact) mass is 316 g/mol. The molecular weight excluding hydrogens is 296 g/mol. The van der Waals surface area contributed by atoms with Crippen LogP contribution in [0.15, 0.2) is 17.1 Å². The van der Waals surface area contributed by atoms with Crippen molar-refractivity contribution >= 4 is 23.4 Å². The average Bonchev–Trinajstić information content (AvgIpc) is 2.42. The lowest BCUT2D eigenvalue weighted by Crippen LogP contribution is -2.57. The van der Waals surface area contributed by atoms with Gasteiger partial charge in [0.05, 0.1) is 16.9 Å². The Labute approximate surface area is 135 Å². The summed E-state index contributed by atoms with van der Waals surface area (Å²) in [5.74, 6) is 0. The van der Waals surface area contributed by atoms with Gasteiger partial charge in [-0.1, -0.05) is 0 Å². The van der Waals surface area contributed by atoms with E-state index < -0.39 is 4.92 Å². The maximum Gasteiger partial charge on any atom is 0.294 e. The number of hydrogen-bond acceptors (Lipinski definition) is 6. The molecule has 0 radical (unpaired) electrons. The lowest BCUT2D eigenvalue weighted by Gasteiger charge is -2.44. The molecule has 122 valence electrons. The molecule has 1 heterocycles. The minimum absolute atomic E-state index is 0.0532. The van der Waals surface area contributed by atoms with Crippen molar-refractivity contribution in [2.75, 3.05) is 46.2 Å². The fourth-order valence-corrected chi connectivity index (χ4v) is 2.40. The smallest absolute Gasteiger partial charge is 0.294 e. The van der Waals surface area contributed by atoms with Crippen LogP contribution < -0.4 is 4.90 Å². The molecule has 0 saturated carbocycles. The Balaban J connectivity index is 2.47. The second-order valence-electron chi connectivity index (χ2n) is 5.93. The molecule has 0 unspecified atom stereocenters. The molecule has 2 rings (SSSR count). The van der Waals surface area contributed by atoms with Crippen molar-refractivity contribution in [3.05, 3.63) is 27.8 Å². The fraction of sp³-hybridized carbons (Fsp3) is 0.467. The lowest BCUT2D eigenvalue weighted by molar-refractivity contribution is -0.384. The van der Waals surface area contributed by atoms with Crippen LogP contribution in [0.3, 0.4) is 0 Å². The van der Waals surface area contributed by atoms with Crippen LogP contribution in [0.1, 0.15) is 5.56 Å². The second-order valence-corrected chi connectivity index (χ2v) is 5.93. The molecule has 0 aromatic heterocycles. The molecule has 1 aliphatic rings. The predicted octanol–water partition coefficient (Wildman–Crippen LogP) is 1.44. The number of nitrogens with zero attached hydrogens (tertiary/aromatic N) is 6. The summed E-state index contributed by atoms with van der Waals surface area (Å²) in [6.45, 7) is 1.31.